The van der Waals surface area contributed by atoms with E-state index in [2.05, 4.69) is 0 Å². The summed E-state index contributed by atoms with van der Waals surface area (Å²) < 4.78 is 22.2. The van der Waals surface area contributed by atoms with Crippen molar-refractivity contribution in [3.05, 3.63) is 28.8 Å². The highest BCUT2D eigenvalue weighted by atomic mass is 35.5. The van der Waals surface area contributed by atoms with E-state index in [1.165, 1.54) is 0 Å². The summed E-state index contributed by atoms with van der Waals surface area (Å²) in [6.45, 7) is 0.532. The van der Waals surface area contributed by atoms with Gasteiger partial charge < -0.3 is 10.6 Å². The molecule has 21 heavy (non-hydrogen) atoms. The van der Waals surface area contributed by atoms with Crippen LogP contribution in [0.5, 0.6) is 0 Å². The summed E-state index contributed by atoms with van der Waals surface area (Å²) in [7, 11) is -3.12. The van der Waals surface area contributed by atoms with Crippen LogP contribution < -0.4 is 10.6 Å². The van der Waals surface area contributed by atoms with Gasteiger partial charge in [-0.15, -0.1) is 12.4 Å². The Morgan fingerprint density at radius 2 is 2.14 bits per heavy atom. The molecule has 0 radical (unpaired) electrons. The first-order valence-electron chi connectivity index (χ1n) is 6.31. The van der Waals surface area contributed by atoms with Crippen molar-refractivity contribution in [2.45, 2.75) is 18.9 Å². The van der Waals surface area contributed by atoms with E-state index in [9.17, 15) is 13.2 Å². The van der Waals surface area contributed by atoms with Gasteiger partial charge in [0.1, 0.15) is 9.84 Å². The van der Waals surface area contributed by atoms with Crippen LogP contribution in [0.1, 0.15) is 12.0 Å². The van der Waals surface area contributed by atoms with E-state index in [1.807, 2.05) is 6.07 Å². The van der Waals surface area contributed by atoms with Gasteiger partial charge in [-0.1, -0.05) is 17.7 Å². The van der Waals surface area contributed by atoms with Gasteiger partial charge in [0.05, 0.1) is 11.8 Å². The molecule has 1 atom stereocenters. The molecule has 1 aliphatic heterocycles. The van der Waals surface area contributed by atoms with Crippen LogP contribution in [0.4, 0.5) is 5.69 Å². The molecule has 0 fully saturated rings. The first-order valence-corrected chi connectivity index (χ1v) is 8.75. The average molecular weight is 353 g/mol. The maximum Gasteiger partial charge on any atom is 0.243 e. The summed E-state index contributed by atoms with van der Waals surface area (Å²) in [6, 6.07) is 4.59. The van der Waals surface area contributed by atoms with Crippen molar-refractivity contribution in [2.24, 2.45) is 5.73 Å². The Morgan fingerprint density at radius 1 is 1.48 bits per heavy atom. The second-order valence-corrected chi connectivity index (χ2v) is 7.67. The molecular weight excluding hydrogens is 335 g/mol. The standard InChI is InChI=1S/C13H17ClN2O3S.ClH/c1-20(18,19)8-6-11(15)13(17)16-7-5-9-10(14)3-2-4-12(9)16;/h2-4,11H,5-8,15H2,1H3;1H. The smallest absolute Gasteiger partial charge is 0.243 e. The number of nitrogens with zero attached hydrogens (tertiary/aromatic N) is 1. The number of anilines is 1. The van der Waals surface area contributed by atoms with Crippen molar-refractivity contribution in [2.75, 3.05) is 23.5 Å². The number of nitrogens with two attached hydrogens (primary N) is 1. The monoisotopic (exact) mass is 352 g/mol. The maximum absolute atomic E-state index is 12.3. The zero-order chi connectivity index (χ0) is 14.9. The predicted molar refractivity (Wildman–Crippen MR) is 87.1 cm³/mol. The SMILES string of the molecule is CS(=O)(=O)CCC(N)C(=O)N1CCc2c(Cl)cccc21.Cl. The van der Waals surface area contributed by atoms with E-state index >= 15 is 0 Å². The molecule has 0 bridgehead atoms. The topological polar surface area (TPSA) is 80.5 Å². The van der Waals surface area contributed by atoms with Crippen LogP contribution in [-0.4, -0.2) is 38.9 Å². The van der Waals surface area contributed by atoms with Crippen molar-refractivity contribution in [3.63, 3.8) is 0 Å². The Bertz CT molecular complexity index is 634. The van der Waals surface area contributed by atoms with Crippen LogP contribution in [-0.2, 0) is 21.1 Å². The molecule has 118 valence electrons. The number of halogens is 2. The molecule has 1 aromatic carbocycles. The first-order chi connectivity index (χ1) is 9.29. The van der Waals surface area contributed by atoms with Gasteiger partial charge in [-0.3, -0.25) is 4.79 Å². The average Bonchev–Trinajstić information content (AvgIpc) is 2.79. The van der Waals surface area contributed by atoms with Gasteiger partial charge in [0, 0.05) is 23.5 Å². The number of hydrogen-bond acceptors (Lipinski definition) is 4. The number of hydrogen-bond donors (Lipinski definition) is 1. The minimum absolute atomic E-state index is 0. The molecular formula is C13H18Cl2N2O3S. The van der Waals surface area contributed by atoms with Crippen molar-refractivity contribution in [1.29, 1.82) is 0 Å². The highest BCUT2D eigenvalue weighted by Crippen LogP contribution is 2.33. The normalized spacial score (nSPS) is 15.3. The van der Waals surface area contributed by atoms with Crippen molar-refractivity contribution >= 4 is 45.4 Å². The molecule has 0 saturated carbocycles. The molecule has 0 aromatic heterocycles. The summed E-state index contributed by atoms with van der Waals surface area (Å²) in [5.74, 6) is -0.342. The number of fused-ring (bicyclic) bond motifs is 1. The van der Waals surface area contributed by atoms with E-state index < -0.39 is 15.9 Å². The van der Waals surface area contributed by atoms with Gasteiger partial charge in [0.15, 0.2) is 0 Å². The molecule has 0 aliphatic carbocycles. The minimum Gasteiger partial charge on any atom is -0.320 e. The van der Waals surface area contributed by atoms with E-state index in [0.29, 0.717) is 18.0 Å². The Labute approximate surface area is 135 Å². The fourth-order valence-electron chi connectivity index (χ4n) is 2.29. The number of benzene rings is 1. The molecule has 1 aromatic rings. The fraction of sp³-hybridized carbons (Fsp3) is 0.462. The van der Waals surface area contributed by atoms with Gasteiger partial charge in [-0.2, -0.15) is 0 Å². The van der Waals surface area contributed by atoms with Crippen LogP contribution in [0.25, 0.3) is 0 Å². The number of amides is 1. The predicted octanol–water partition coefficient (Wildman–Crippen LogP) is 1.41. The molecule has 1 unspecified atom stereocenters. The van der Waals surface area contributed by atoms with Gasteiger partial charge in [-0.25, -0.2) is 8.42 Å². The largest absolute Gasteiger partial charge is 0.320 e. The van der Waals surface area contributed by atoms with Crippen molar-refractivity contribution < 1.29 is 13.2 Å². The molecule has 5 nitrogen and oxygen atoms in total. The quantitative estimate of drug-likeness (QED) is 0.888. The summed E-state index contributed by atoms with van der Waals surface area (Å²) >= 11 is 6.09. The Balaban J connectivity index is 0.00000220. The lowest BCUT2D eigenvalue weighted by Crippen LogP contribution is -2.44. The van der Waals surface area contributed by atoms with Crippen LogP contribution in [0.15, 0.2) is 18.2 Å². The van der Waals surface area contributed by atoms with E-state index in [-0.39, 0.29) is 30.5 Å². The highest BCUT2D eigenvalue weighted by Gasteiger charge is 2.29. The van der Waals surface area contributed by atoms with Crippen LogP contribution in [0, 0.1) is 0 Å². The highest BCUT2D eigenvalue weighted by molar-refractivity contribution is 7.90. The number of carbonyl (C=O) groups excluding carboxylic acids is 1. The molecule has 8 heteroatoms. The van der Waals surface area contributed by atoms with Gasteiger partial charge in [0.2, 0.25) is 5.91 Å². The van der Waals surface area contributed by atoms with Crippen molar-refractivity contribution in [3.8, 4) is 0 Å². The Kier molecular flexibility index (Phi) is 6.04. The summed E-state index contributed by atoms with van der Waals surface area (Å²) in [5, 5.41) is 0.641. The Hall–Kier alpha value is -0.820. The van der Waals surface area contributed by atoms with E-state index in [4.69, 9.17) is 17.3 Å². The summed E-state index contributed by atoms with van der Waals surface area (Å²) in [6.07, 6.45) is 1.96. The molecule has 2 N–H and O–H groups in total. The second-order valence-electron chi connectivity index (χ2n) is 5.00. The lowest BCUT2D eigenvalue weighted by atomic mass is 10.1. The van der Waals surface area contributed by atoms with Crippen LogP contribution in [0.3, 0.4) is 0 Å². The lowest BCUT2D eigenvalue weighted by molar-refractivity contribution is -0.119. The van der Waals surface area contributed by atoms with E-state index in [0.717, 1.165) is 17.5 Å². The molecule has 0 saturated heterocycles. The second kappa shape index (κ2) is 6.96. The minimum atomic E-state index is -3.12. The van der Waals surface area contributed by atoms with Crippen molar-refractivity contribution in [1.82, 2.24) is 0 Å². The van der Waals surface area contributed by atoms with Gasteiger partial charge >= 0.3 is 0 Å². The lowest BCUT2D eigenvalue weighted by Gasteiger charge is -2.21. The zero-order valence-corrected chi connectivity index (χ0v) is 14.0. The molecule has 1 heterocycles. The van der Waals surface area contributed by atoms with E-state index in [1.54, 1.807) is 17.0 Å². The molecule has 1 amide bonds. The third-order valence-corrected chi connectivity index (χ3v) is 4.68. The molecule has 0 spiro atoms. The van der Waals surface area contributed by atoms with Crippen LogP contribution >= 0.6 is 24.0 Å². The molecule has 2 rings (SSSR count). The first kappa shape index (κ1) is 18.2. The Morgan fingerprint density at radius 3 is 2.76 bits per heavy atom. The number of rotatable bonds is 4. The fourth-order valence-corrected chi connectivity index (χ4v) is 3.23. The molecule has 1 aliphatic rings. The summed E-state index contributed by atoms with van der Waals surface area (Å²) in [5.41, 5.74) is 7.53. The third kappa shape index (κ3) is 4.32. The van der Waals surface area contributed by atoms with Gasteiger partial charge in [0.25, 0.3) is 0 Å². The number of sulfone groups is 1. The zero-order valence-electron chi connectivity index (χ0n) is 11.6. The van der Waals surface area contributed by atoms with Gasteiger partial charge in [-0.05, 0) is 30.5 Å². The maximum atomic E-state index is 12.3. The number of carbonyl (C=O) groups is 1. The van der Waals surface area contributed by atoms with Crippen LogP contribution in [0.2, 0.25) is 5.02 Å². The summed E-state index contributed by atoms with van der Waals surface area (Å²) in [4.78, 5) is 13.9. The third-order valence-electron chi connectivity index (χ3n) is 3.35.